The van der Waals surface area contributed by atoms with Crippen molar-refractivity contribution < 1.29 is 24.1 Å². The lowest BCUT2D eigenvalue weighted by Gasteiger charge is -2.35. The average Bonchev–Trinajstić information content (AvgIpc) is 3.39. The first-order valence-corrected chi connectivity index (χ1v) is 11.1. The second-order valence-electron chi connectivity index (χ2n) is 9.22. The number of likely N-dealkylation sites (tertiary alicyclic amines) is 1. The summed E-state index contributed by atoms with van der Waals surface area (Å²) >= 11 is 0. The molecule has 0 unspecified atom stereocenters. The lowest BCUT2D eigenvalue weighted by molar-refractivity contribution is -0.0232. The summed E-state index contributed by atoms with van der Waals surface area (Å²) < 4.78 is 16.9. The highest BCUT2D eigenvalue weighted by molar-refractivity contribution is 5.94. The number of fused-ring (bicyclic) bond motifs is 2. The van der Waals surface area contributed by atoms with Gasteiger partial charge in [0.2, 0.25) is 6.79 Å². The zero-order valence-corrected chi connectivity index (χ0v) is 18.0. The summed E-state index contributed by atoms with van der Waals surface area (Å²) in [5, 5.41) is 10.7. The minimum Gasteiger partial charge on any atom is -0.488 e. The van der Waals surface area contributed by atoms with E-state index >= 15 is 0 Å². The molecule has 3 aliphatic rings. The number of carbonyl (C=O) groups excluding carboxylic acids is 1. The van der Waals surface area contributed by atoms with Gasteiger partial charge in [-0.1, -0.05) is 26.0 Å². The Hall–Kier alpha value is -2.73. The molecule has 1 N–H and O–H groups in total. The number of ether oxygens (including phenoxy) is 3. The first kappa shape index (κ1) is 20.2. The highest BCUT2D eigenvalue weighted by atomic mass is 16.7. The van der Waals surface area contributed by atoms with Crippen LogP contribution in [-0.2, 0) is 0 Å². The largest absolute Gasteiger partial charge is 0.488 e. The number of nitrogens with zero attached hydrogens (tertiary/aromatic N) is 1. The Morgan fingerprint density at radius 3 is 2.65 bits per heavy atom. The monoisotopic (exact) mass is 423 g/mol. The molecule has 4 atom stereocenters. The summed E-state index contributed by atoms with van der Waals surface area (Å²) in [7, 11) is 0. The number of aliphatic hydroxyl groups is 1. The molecule has 0 bridgehead atoms. The molecule has 1 saturated carbocycles. The molecule has 6 nitrogen and oxygen atoms in total. The zero-order chi connectivity index (χ0) is 21.5. The SMILES string of the molecule is CC(C)c1cccc(C(=O)N2C[C@H]3C[C@@H](Oc4ccc5c(c4)OCO5)[C@H](O)C[C@H]3C2)c1. The predicted octanol–water partition coefficient (Wildman–Crippen LogP) is 3.83. The van der Waals surface area contributed by atoms with Gasteiger partial charge in [0.15, 0.2) is 11.5 Å². The minimum atomic E-state index is -0.550. The number of amides is 1. The summed E-state index contributed by atoms with van der Waals surface area (Å²) in [6.45, 7) is 5.90. The van der Waals surface area contributed by atoms with Crippen LogP contribution in [0.5, 0.6) is 17.2 Å². The fourth-order valence-electron chi connectivity index (χ4n) is 5.02. The summed E-state index contributed by atoms with van der Waals surface area (Å²) in [6, 6.07) is 13.4. The van der Waals surface area contributed by atoms with Crippen molar-refractivity contribution in [2.45, 2.75) is 44.8 Å². The number of hydrogen-bond donors (Lipinski definition) is 1. The Balaban J connectivity index is 1.25. The van der Waals surface area contributed by atoms with Crippen molar-refractivity contribution in [3.8, 4) is 17.2 Å². The van der Waals surface area contributed by atoms with Gasteiger partial charge in [0, 0.05) is 24.7 Å². The molecule has 5 rings (SSSR count). The van der Waals surface area contributed by atoms with Crippen LogP contribution in [-0.4, -0.2) is 48.0 Å². The molecule has 2 aromatic rings. The molecular formula is C25H29NO5. The summed E-state index contributed by atoms with van der Waals surface area (Å²) in [5.41, 5.74) is 1.92. The second-order valence-corrected chi connectivity index (χ2v) is 9.22. The van der Waals surface area contributed by atoms with Crippen LogP contribution in [0.4, 0.5) is 0 Å². The molecule has 0 radical (unpaired) electrons. The van der Waals surface area contributed by atoms with Crippen LogP contribution in [0.2, 0.25) is 0 Å². The van der Waals surface area contributed by atoms with Crippen molar-refractivity contribution in [2.75, 3.05) is 19.9 Å². The summed E-state index contributed by atoms with van der Waals surface area (Å²) in [5.74, 6) is 3.16. The number of aliphatic hydroxyl groups excluding tert-OH is 1. The number of carbonyl (C=O) groups is 1. The maximum absolute atomic E-state index is 13.1. The van der Waals surface area contributed by atoms with Crippen LogP contribution in [0.1, 0.15) is 48.5 Å². The fraction of sp³-hybridized carbons (Fsp3) is 0.480. The predicted molar refractivity (Wildman–Crippen MR) is 116 cm³/mol. The lowest BCUT2D eigenvalue weighted by Crippen LogP contribution is -2.42. The van der Waals surface area contributed by atoms with E-state index in [1.54, 1.807) is 0 Å². The molecule has 2 fully saturated rings. The van der Waals surface area contributed by atoms with E-state index in [9.17, 15) is 9.90 Å². The Kier molecular flexibility index (Phi) is 5.26. The molecule has 2 aliphatic heterocycles. The minimum absolute atomic E-state index is 0.0830. The van der Waals surface area contributed by atoms with Gasteiger partial charge in [0.05, 0.1) is 6.10 Å². The van der Waals surface area contributed by atoms with Crippen LogP contribution in [0, 0.1) is 11.8 Å². The number of rotatable bonds is 4. The van der Waals surface area contributed by atoms with E-state index in [2.05, 4.69) is 19.9 Å². The average molecular weight is 424 g/mol. The lowest BCUT2D eigenvalue weighted by atomic mass is 9.78. The topological polar surface area (TPSA) is 68.2 Å². The van der Waals surface area contributed by atoms with Gasteiger partial charge in [-0.25, -0.2) is 0 Å². The van der Waals surface area contributed by atoms with E-state index in [0.717, 1.165) is 12.0 Å². The molecule has 164 valence electrons. The van der Waals surface area contributed by atoms with Crippen LogP contribution in [0.15, 0.2) is 42.5 Å². The first-order chi connectivity index (χ1) is 15.0. The first-order valence-electron chi connectivity index (χ1n) is 11.1. The molecule has 2 aromatic carbocycles. The van der Waals surface area contributed by atoms with Gasteiger partial charge in [-0.3, -0.25) is 4.79 Å². The molecule has 1 aliphatic carbocycles. The molecule has 0 spiro atoms. The quantitative estimate of drug-likeness (QED) is 0.810. The van der Waals surface area contributed by atoms with E-state index < -0.39 is 6.10 Å². The maximum Gasteiger partial charge on any atom is 0.253 e. The van der Waals surface area contributed by atoms with E-state index in [1.165, 1.54) is 5.56 Å². The van der Waals surface area contributed by atoms with Gasteiger partial charge in [-0.2, -0.15) is 0 Å². The van der Waals surface area contributed by atoms with Gasteiger partial charge < -0.3 is 24.2 Å². The highest BCUT2D eigenvalue weighted by Gasteiger charge is 2.44. The Bertz CT molecular complexity index is 974. The molecule has 2 heterocycles. The summed E-state index contributed by atoms with van der Waals surface area (Å²) in [4.78, 5) is 15.1. The molecule has 0 aromatic heterocycles. The van der Waals surface area contributed by atoms with Gasteiger partial charge in [-0.05, 0) is 60.4 Å². The van der Waals surface area contributed by atoms with Crippen LogP contribution in [0.25, 0.3) is 0 Å². The third-order valence-corrected chi connectivity index (χ3v) is 6.80. The fourth-order valence-corrected chi connectivity index (χ4v) is 5.02. The molecule has 31 heavy (non-hydrogen) atoms. The van der Waals surface area contributed by atoms with Gasteiger partial charge in [-0.15, -0.1) is 0 Å². The second kappa shape index (κ2) is 8.08. The van der Waals surface area contributed by atoms with Crippen LogP contribution < -0.4 is 14.2 Å². The summed E-state index contributed by atoms with van der Waals surface area (Å²) in [6.07, 6.45) is 0.540. The standard InChI is InChI=1S/C25H29NO5/c1-15(2)16-4-3-5-17(8-16)25(28)26-12-18-9-21(27)23(10-19(18)13-26)31-20-6-7-22-24(11-20)30-14-29-22/h3-8,11,15,18-19,21,23,27H,9-10,12-14H2,1-2H3/t18-,19+,21+,23+/m0/s1. The van der Waals surface area contributed by atoms with Gasteiger partial charge in [0.25, 0.3) is 5.91 Å². The van der Waals surface area contributed by atoms with E-state index in [1.807, 2.05) is 41.3 Å². The third kappa shape index (κ3) is 3.97. The highest BCUT2D eigenvalue weighted by Crippen LogP contribution is 2.40. The smallest absolute Gasteiger partial charge is 0.253 e. The van der Waals surface area contributed by atoms with Gasteiger partial charge >= 0.3 is 0 Å². The normalized spacial score (nSPS) is 26.8. The molecular weight excluding hydrogens is 394 g/mol. The Morgan fingerprint density at radius 1 is 1.06 bits per heavy atom. The molecule has 1 saturated heterocycles. The number of benzene rings is 2. The van der Waals surface area contributed by atoms with Crippen molar-refractivity contribution in [1.82, 2.24) is 4.90 Å². The van der Waals surface area contributed by atoms with Crippen molar-refractivity contribution in [2.24, 2.45) is 11.8 Å². The van der Waals surface area contributed by atoms with E-state index in [0.29, 0.717) is 54.5 Å². The maximum atomic E-state index is 13.1. The van der Waals surface area contributed by atoms with Crippen molar-refractivity contribution in [1.29, 1.82) is 0 Å². The third-order valence-electron chi connectivity index (χ3n) is 6.80. The van der Waals surface area contributed by atoms with E-state index in [-0.39, 0.29) is 18.8 Å². The van der Waals surface area contributed by atoms with Gasteiger partial charge in [0.1, 0.15) is 11.9 Å². The van der Waals surface area contributed by atoms with Crippen LogP contribution >= 0.6 is 0 Å². The zero-order valence-electron chi connectivity index (χ0n) is 18.0. The number of hydrogen-bond acceptors (Lipinski definition) is 5. The van der Waals surface area contributed by atoms with Crippen molar-refractivity contribution in [3.63, 3.8) is 0 Å². The van der Waals surface area contributed by atoms with Crippen molar-refractivity contribution >= 4 is 5.91 Å². The Morgan fingerprint density at radius 2 is 1.84 bits per heavy atom. The molecule has 6 heteroatoms. The van der Waals surface area contributed by atoms with Crippen LogP contribution in [0.3, 0.4) is 0 Å². The van der Waals surface area contributed by atoms with Crippen molar-refractivity contribution in [3.05, 3.63) is 53.6 Å². The van der Waals surface area contributed by atoms with E-state index in [4.69, 9.17) is 14.2 Å². The Labute approximate surface area is 182 Å². The molecule has 1 amide bonds.